The fourth-order valence-electron chi connectivity index (χ4n) is 3.32. The van der Waals surface area contributed by atoms with E-state index in [2.05, 4.69) is 22.0 Å². The Morgan fingerprint density at radius 3 is 2.11 bits per heavy atom. The largest absolute Gasteiger partial charge is 0.352 e. The van der Waals surface area contributed by atoms with Crippen molar-refractivity contribution >= 4 is 11.7 Å². The Kier molecular flexibility index (Phi) is 4.87. The number of aromatic nitrogens is 3. The summed E-state index contributed by atoms with van der Waals surface area (Å²) in [5.41, 5.74) is 2.01. The lowest BCUT2D eigenvalue weighted by atomic mass is 10.1. The molecule has 3 heterocycles. The SMILES string of the molecule is CCc1ccc(C(=O)N2CCN(c3ccc(-n4cccc4)nn3)CC2)cc1. The predicted molar refractivity (Wildman–Crippen MR) is 105 cm³/mol. The molecule has 4 rings (SSSR count). The molecule has 3 aromatic rings. The second kappa shape index (κ2) is 7.61. The average molecular weight is 361 g/mol. The van der Waals surface area contributed by atoms with Gasteiger partial charge in [-0.15, -0.1) is 10.2 Å². The molecule has 138 valence electrons. The van der Waals surface area contributed by atoms with Crippen molar-refractivity contribution in [3.63, 3.8) is 0 Å². The molecule has 1 aliphatic heterocycles. The molecule has 2 aromatic heterocycles. The molecule has 0 aliphatic carbocycles. The smallest absolute Gasteiger partial charge is 0.253 e. The second-order valence-corrected chi connectivity index (χ2v) is 6.67. The summed E-state index contributed by atoms with van der Waals surface area (Å²) in [7, 11) is 0. The number of amides is 1. The topological polar surface area (TPSA) is 54.3 Å². The minimum Gasteiger partial charge on any atom is -0.352 e. The van der Waals surface area contributed by atoms with Gasteiger partial charge in [0.05, 0.1) is 0 Å². The van der Waals surface area contributed by atoms with Crippen LogP contribution in [0.15, 0.2) is 60.9 Å². The van der Waals surface area contributed by atoms with Crippen LogP contribution in [0.5, 0.6) is 0 Å². The first-order chi connectivity index (χ1) is 13.2. The standard InChI is InChI=1S/C21H23N5O/c1-2-17-5-7-18(8-6-17)21(27)26-15-13-25(14-16-26)20-10-9-19(22-23-20)24-11-3-4-12-24/h3-12H,2,13-16H2,1H3. The van der Waals surface area contributed by atoms with Crippen molar-refractivity contribution in [2.45, 2.75) is 13.3 Å². The highest BCUT2D eigenvalue weighted by Crippen LogP contribution is 2.16. The lowest BCUT2D eigenvalue weighted by Crippen LogP contribution is -2.49. The molecule has 1 amide bonds. The molecular weight excluding hydrogens is 338 g/mol. The summed E-state index contributed by atoms with van der Waals surface area (Å²) in [4.78, 5) is 16.8. The van der Waals surface area contributed by atoms with Gasteiger partial charge in [0.1, 0.15) is 0 Å². The highest BCUT2D eigenvalue weighted by atomic mass is 16.2. The first-order valence-electron chi connectivity index (χ1n) is 9.35. The highest BCUT2D eigenvalue weighted by Gasteiger charge is 2.23. The number of benzene rings is 1. The van der Waals surface area contributed by atoms with E-state index in [0.717, 1.165) is 36.7 Å². The maximum absolute atomic E-state index is 12.7. The maximum atomic E-state index is 12.7. The number of aryl methyl sites for hydroxylation is 1. The lowest BCUT2D eigenvalue weighted by Gasteiger charge is -2.35. The summed E-state index contributed by atoms with van der Waals surface area (Å²) in [6, 6.07) is 15.8. The molecule has 1 fully saturated rings. The zero-order valence-electron chi connectivity index (χ0n) is 15.5. The summed E-state index contributed by atoms with van der Waals surface area (Å²) in [5, 5.41) is 8.66. The Labute approximate surface area is 159 Å². The van der Waals surface area contributed by atoms with Gasteiger partial charge in [0, 0.05) is 44.1 Å². The molecule has 0 bridgehead atoms. The van der Waals surface area contributed by atoms with Crippen molar-refractivity contribution in [3.05, 3.63) is 72.1 Å². The Balaban J connectivity index is 1.37. The molecule has 0 N–H and O–H groups in total. The molecule has 0 radical (unpaired) electrons. The first kappa shape index (κ1) is 17.3. The molecule has 0 spiro atoms. The minimum atomic E-state index is 0.103. The van der Waals surface area contributed by atoms with Gasteiger partial charge in [0.25, 0.3) is 5.91 Å². The van der Waals surface area contributed by atoms with Crippen molar-refractivity contribution in [1.29, 1.82) is 0 Å². The normalized spacial score (nSPS) is 14.4. The third kappa shape index (κ3) is 3.69. The number of carbonyl (C=O) groups is 1. The number of nitrogens with zero attached hydrogens (tertiary/aromatic N) is 5. The van der Waals surface area contributed by atoms with E-state index < -0.39 is 0 Å². The van der Waals surface area contributed by atoms with Crippen LogP contribution in [0.3, 0.4) is 0 Å². The molecule has 1 aliphatic rings. The second-order valence-electron chi connectivity index (χ2n) is 6.67. The van der Waals surface area contributed by atoms with Gasteiger partial charge in [0.15, 0.2) is 11.6 Å². The molecule has 0 unspecified atom stereocenters. The maximum Gasteiger partial charge on any atom is 0.253 e. The highest BCUT2D eigenvalue weighted by molar-refractivity contribution is 5.94. The first-order valence-corrected chi connectivity index (χ1v) is 9.35. The van der Waals surface area contributed by atoms with E-state index in [4.69, 9.17) is 0 Å². The minimum absolute atomic E-state index is 0.103. The summed E-state index contributed by atoms with van der Waals surface area (Å²) in [6.45, 7) is 5.02. The monoisotopic (exact) mass is 361 g/mol. The number of rotatable bonds is 4. The average Bonchev–Trinajstić information content (AvgIpc) is 3.28. The van der Waals surface area contributed by atoms with Gasteiger partial charge in [0.2, 0.25) is 0 Å². The molecule has 1 aromatic carbocycles. The Morgan fingerprint density at radius 2 is 1.52 bits per heavy atom. The van der Waals surface area contributed by atoms with Crippen molar-refractivity contribution < 1.29 is 4.79 Å². The molecular formula is C21H23N5O. The van der Waals surface area contributed by atoms with E-state index in [1.54, 1.807) is 0 Å². The summed E-state index contributed by atoms with van der Waals surface area (Å²) in [5.74, 6) is 1.75. The van der Waals surface area contributed by atoms with Gasteiger partial charge in [-0.2, -0.15) is 0 Å². The third-order valence-electron chi connectivity index (χ3n) is 5.01. The van der Waals surface area contributed by atoms with Gasteiger partial charge in [-0.25, -0.2) is 0 Å². The van der Waals surface area contributed by atoms with Crippen LogP contribution in [0.1, 0.15) is 22.8 Å². The van der Waals surface area contributed by atoms with Crippen LogP contribution >= 0.6 is 0 Å². The molecule has 0 atom stereocenters. The van der Waals surface area contributed by atoms with Gasteiger partial charge in [-0.05, 0) is 48.4 Å². The number of carbonyl (C=O) groups excluding carboxylic acids is 1. The number of piperazine rings is 1. The van der Waals surface area contributed by atoms with E-state index in [1.165, 1.54) is 5.56 Å². The zero-order chi connectivity index (χ0) is 18.6. The van der Waals surface area contributed by atoms with E-state index in [9.17, 15) is 4.79 Å². The van der Waals surface area contributed by atoms with Crippen LogP contribution in [-0.2, 0) is 6.42 Å². The van der Waals surface area contributed by atoms with E-state index in [-0.39, 0.29) is 5.91 Å². The van der Waals surface area contributed by atoms with Crippen molar-refractivity contribution in [2.75, 3.05) is 31.1 Å². The van der Waals surface area contributed by atoms with Gasteiger partial charge >= 0.3 is 0 Å². The third-order valence-corrected chi connectivity index (χ3v) is 5.01. The van der Waals surface area contributed by atoms with E-state index in [0.29, 0.717) is 13.1 Å². The van der Waals surface area contributed by atoms with Crippen LogP contribution in [-0.4, -0.2) is 51.8 Å². The van der Waals surface area contributed by atoms with Crippen molar-refractivity contribution in [1.82, 2.24) is 19.7 Å². The summed E-state index contributed by atoms with van der Waals surface area (Å²) < 4.78 is 1.93. The summed E-state index contributed by atoms with van der Waals surface area (Å²) >= 11 is 0. The fraction of sp³-hybridized carbons (Fsp3) is 0.286. The van der Waals surface area contributed by atoms with Gasteiger partial charge in [-0.3, -0.25) is 4.79 Å². The van der Waals surface area contributed by atoms with Crippen LogP contribution < -0.4 is 4.90 Å². The van der Waals surface area contributed by atoms with Crippen LogP contribution in [0.2, 0.25) is 0 Å². The van der Waals surface area contributed by atoms with Gasteiger partial charge < -0.3 is 14.4 Å². The molecule has 0 saturated carbocycles. The number of anilines is 1. The Bertz CT molecular complexity index is 879. The van der Waals surface area contributed by atoms with E-state index >= 15 is 0 Å². The van der Waals surface area contributed by atoms with Crippen LogP contribution in [0.25, 0.3) is 5.82 Å². The molecule has 6 nitrogen and oxygen atoms in total. The summed E-state index contributed by atoms with van der Waals surface area (Å²) in [6.07, 6.45) is 4.87. The van der Waals surface area contributed by atoms with Gasteiger partial charge in [-0.1, -0.05) is 19.1 Å². The molecule has 1 saturated heterocycles. The Hall–Kier alpha value is -3.15. The molecule has 6 heteroatoms. The fourth-order valence-corrected chi connectivity index (χ4v) is 3.32. The molecule has 27 heavy (non-hydrogen) atoms. The van der Waals surface area contributed by atoms with E-state index in [1.807, 2.05) is 70.4 Å². The predicted octanol–water partition coefficient (Wildman–Crippen LogP) is 2.79. The van der Waals surface area contributed by atoms with Crippen molar-refractivity contribution in [3.8, 4) is 5.82 Å². The Morgan fingerprint density at radius 1 is 0.889 bits per heavy atom. The lowest BCUT2D eigenvalue weighted by molar-refractivity contribution is 0.0746. The number of hydrogen-bond acceptors (Lipinski definition) is 4. The zero-order valence-corrected chi connectivity index (χ0v) is 15.5. The van der Waals surface area contributed by atoms with Crippen LogP contribution in [0, 0.1) is 0 Å². The quantitative estimate of drug-likeness (QED) is 0.717. The van der Waals surface area contributed by atoms with Crippen LogP contribution in [0.4, 0.5) is 5.82 Å². The van der Waals surface area contributed by atoms with Crippen molar-refractivity contribution in [2.24, 2.45) is 0 Å². The number of hydrogen-bond donors (Lipinski definition) is 0.